The first-order valence-corrected chi connectivity index (χ1v) is 16.5. The third-order valence-electron chi connectivity index (χ3n) is 6.85. The number of fused-ring (bicyclic) bond motifs is 1. The van der Waals surface area contributed by atoms with Gasteiger partial charge in [0.2, 0.25) is 21.8 Å². The van der Waals surface area contributed by atoms with Gasteiger partial charge in [-0.1, -0.05) is 58.4 Å². The summed E-state index contributed by atoms with van der Waals surface area (Å²) < 4.78 is 38.9. The highest BCUT2D eigenvalue weighted by atomic mass is 79.9. The summed E-state index contributed by atoms with van der Waals surface area (Å²) in [5.41, 5.74) is 2.25. The maximum Gasteiger partial charge on any atom is 0.243 e. The second-order valence-electron chi connectivity index (χ2n) is 10.0. The van der Waals surface area contributed by atoms with E-state index in [2.05, 4.69) is 21.2 Å². The predicted octanol–water partition coefficient (Wildman–Crippen LogP) is 4.54. The van der Waals surface area contributed by atoms with Gasteiger partial charge in [-0.25, -0.2) is 8.42 Å². The van der Waals surface area contributed by atoms with Crippen LogP contribution in [0.5, 0.6) is 11.5 Å². The van der Waals surface area contributed by atoms with E-state index in [0.717, 1.165) is 21.9 Å². The quantitative estimate of drug-likeness (QED) is 0.289. The first-order valence-electron chi connectivity index (χ1n) is 13.9. The van der Waals surface area contributed by atoms with Crippen LogP contribution in [0.25, 0.3) is 0 Å². The molecule has 0 spiro atoms. The number of likely N-dealkylation sites (N-methyl/N-ethyl adjacent to an activating group) is 1. The Bertz CT molecular complexity index is 1470. The van der Waals surface area contributed by atoms with Crippen molar-refractivity contribution in [2.75, 3.05) is 36.9 Å². The summed E-state index contributed by atoms with van der Waals surface area (Å²) in [5, 5.41) is 2.89. The van der Waals surface area contributed by atoms with Gasteiger partial charge in [-0.15, -0.1) is 0 Å². The number of carbonyl (C=O) groups excluding carboxylic acids is 2. The first kappa shape index (κ1) is 31.4. The molecule has 4 rings (SSSR count). The van der Waals surface area contributed by atoms with E-state index in [1.165, 1.54) is 4.31 Å². The molecule has 1 heterocycles. The van der Waals surface area contributed by atoms with Crippen LogP contribution in [0.1, 0.15) is 30.9 Å². The number of amides is 2. The average molecular weight is 659 g/mol. The van der Waals surface area contributed by atoms with Gasteiger partial charge in [-0.3, -0.25) is 13.9 Å². The van der Waals surface area contributed by atoms with Crippen molar-refractivity contribution in [3.05, 3.63) is 88.4 Å². The van der Waals surface area contributed by atoms with E-state index >= 15 is 0 Å². The Morgan fingerprint density at radius 3 is 2.31 bits per heavy atom. The third-order valence-corrected chi connectivity index (χ3v) is 8.58. The number of nitrogens with zero attached hydrogens (tertiary/aromatic N) is 2. The molecule has 3 aromatic rings. The van der Waals surface area contributed by atoms with Crippen LogP contribution >= 0.6 is 15.9 Å². The lowest BCUT2D eigenvalue weighted by atomic mass is 10.0. The summed E-state index contributed by atoms with van der Waals surface area (Å²) in [5.74, 6) is 0.573. The van der Waals surface area contributed by atoms with Crippen LogP contribution in [0.3, 0.4) is 0 Å². The molecule has 2 amide bonds. The highest BCUT2D eigenvalue weighted by Gasteiger charge is 2.30. The molecule has 42 heavy (non-hydrogen) atoms. The SMILES string of the molecule is CCNC(=O)[C@H](Cc1ccccc1)N(Cc1ccc(Br)cc1)C(=O)CCCN(c1ccc2c(c1)OCCO2)S(C)(=O)=O. The molecule has 3 aromatic carbocycles. The van der Waals surface area contributed by atoms with Gasteiger partial charge < -0.3 is 19.7 Å². The molecule has 9 nitrogen and oxygen atoms in total. The van der Waals surface area contributed by atoms with E-state index in [4.69, 9.17) is 9.47 Å². The van der Waals surface area contributed by atoms with Crippen LogP contribution in [0.15, 0.2) is 77.3 Å². The molecular weight excluding hydrogens is 622 g/mol. The molecular formula is C31H36BrN3O6S. The number of sulfonamides is 1. The Balaban J connectivity index is 1.55. The number of benzene rings is 3. The van der Waals surface area contributed by atoms with E-state index in [-0.39, 0.29) is 37.7 Å². The van der Waals surface area contributed by atoms with Crippen molar-refractivity contribution < 1.29 is 27.5 Å². The van der Waals surface area contributed by atoms with Gasteiger partial charge in [-0.05, 0) is 48.7 Å². The number of hydrogen-bond acceptors (Lipinski definition) is 6. The molecule has 0 aromatic heterocycles. The van der Waals surface area contributed by atoms with Crippen molar-refractivity contribution in [2.45, 2.75) is 38.8 Å². The molecule has 11 heteroatoms. The summed E-state index contributed by atoms with van der Waals surface area (Å²) in [4.78, 5) is 28.8. The standard InChI is InChI=1S/C31H36BrN3O6S/c1-3-33-31(37)27(20-23-8-5-4-6-9-23)34(22-24-11-13-25(32)14-12-24)30(36)10-7-17-35(42(2,38)39)26-15-16-28-29(21-26)41-19-18-40-28/h4-6,8-9,11-16,21,27H,3,7,10,17-20,22H2,1-2H3,(H,33,37)/t27-/m0/s1. The van der Waals surface area contributed by atoms with Crippen molar-refractivity contribution in [1.82, 2.24) is 10.2 Å². The number of carbonyl (C=O) groups is 2. The highest BCUT2D eigenvalue weighted by molar-refractivity contribution is 9.10. The molecule has 0 saturated carbocycles. The first-order chi connectivity index (χ1) is 20.2. The summed E-state index contributed by atoms with van der Waals surface area (Å²) >= 11 is 3.45. The fraction of sp³-hybridized carbons (Fsp3) is 0.355. The largest absolute Gasteiger partial charge is 0.486 e. The lowest BCUT2D eigenvalue weighted by Gasteiger charge is -2.32. The van der Waals surface area contributed by atoms with Crippen LogP contribution in [0.2, 0.25) is 0 Å². The number of rotatable bonds is 13. The Hall–Kier alpha value is -3.57. The van der Waals surface area contributed by atoms with Gasteiger partial charge in [0.25, 0.3) is 0 Å². The normalized spacial score (nSPS) is 13.2. The number of anilines is 1. The van der Waals surface area contributed by atoms with E-state index in [1.807, 2.05) is 61.5 Å². The Morgan fingerprint density at radius 2 is 1.64 bits per heavy atom. The van der Waals surface area contributed by atoms with Crippen molar-refractivity contribution in [3.63, 3.8) is 0 Å². The average Bonchev–Trinajstić information content (AvgIpc) is 2.97. The maximum atomic E-state index is 13.8. The Labute approximate surface area is 256 Å². The summed E-state index contributed by atoms with van der Waals surface area (Å²) in [6.45, 7) is 3.41. The van der Waals surface area contributed by atoms with Crippen molar-refractivity contribution in [1.29, 1.82) is 0 Å². The van der Waals surface area contributed by atoms with Crippen molar-refractivity contribution in [3.8, 4) is 11.5 Å². The predicted molar refractivity (Wildman–Crippen MR) is 166 cm³/mol. The molecule has 0 radical (unpaired) electrons. The molecule has 224 valence electrons. The smallest absolute Gasteiger partial charge is 0.243 e. The zero-order valence-electron chi connectivity index (χ0n) is 23.8. The Kier molecular flexibility index (Phi) is 10.9. The number of hydrogen-bond donors (Lipinski definition) is 1. The molecule has 1 N–H and O–H groups in total. The van der Waals surface area contributed by atoms with Gasteiger partial charge in [0, 0.05) is 43.0 Å². The number of nitrogens with one attached hydrogen (secondary N) is 1. The van der Waals surface area contributed by atoms with Gasteiger partial charge in [0.1, 0.15) is 19.3 Å². The van der Waals surface area contributed by atoms with Crippen LogP contribution in [0.4, 0.5) is 5.69 Å². The molecule has 1 aliphatic rings. The summed E-state index contributed by atoms with van der Waals surface area (Å²) in [6.07, 6.45) is 1.79. The summed E-state index contributed by atoms with van der Waals surface area (Å²) in [7, 11) is -3.65. The number of halogens is 1. The fourth-order valence-corrected chi connectivity index (χ4v) is 6.05. The minimum Gasteiger partial charge on any atom is -0.486 e. The zero-order chi connectivity index (χ0) is 30.1. The zero-order valence-corrected chi connectivity index (χ0v) is 26.2. The molecule has 0 saturated heterocycles. The monoisotopic (exact) mass is 657 g/mol. The second kappa shape index (κ2) is 14.6. The van der Waals surface area contributed by atoms with Gasteiger partial charge in [0.05, 0.1) is 11.9 Å². The fourth-order valence-electron chi connectivity index (χ4n) is 4.82. The van der Waals surface area contributed by atoms with Crippen LogP contribution < -0.4 is 19.1 Å². The topological polar surface area (TPSA) is 105 Å². The third kappa shape index (κ3) is 8.48. The minimum absolute atomic E-state index is 0.0534. The lowest BCUT2D eigenvalue weighted by molar-refractivity contribution is -0.141. The number of ether oxygens (including phenoxy) is 2. The second-order valence-corrected chi connectivity index (χ2v) is 12.8. The highest BCUT2D eigenvalue weighted by Crippen LogP contribution is 2.35. The molecule has 0 fully saturated rings. The van der Waals surface area contributed by atoms with Gasteiger partial charge in [-0.2, -0.15) is 0 Å². The van der Waals surface area contributed by atoms with E-state index in [1.54, 1.807) is 23.1 Å². The molecule has 1 atom stereocenters. The van der Waals surface area contributed by atoms with Crippen LogP contribution in [-0.2, 0) is 32.6 Å². The molecule has 0 bridgehead atoms. The van der Waals surface area contributed by atoms with Gasteiger partial charge >= 0.3 is 0 Å². The van der Waals surface area contributed by atoms with Crippen molar-refractivity contribution >= 4 is 43.5 Å². The van der Waals surface area contributed by atoms with Gasteiger partial charge in [0.15, 0.2) is 11.5 Å². The molecule has 0 unspecified atom stereocenters. The maximum absolute atomic E-state index is 13.8. The minimum atomic E-state index is -3.65. The Morgan fingerprint density at radius 1 is 0.952 bits per heavy atom. The van der Waals surface area contributed by atoms with Crippen LogP contribution in [0, 0.1) is 0 Å². The molecule has 0 aliphatic carbocycles. The lowest BCUT2D eigenvalue weighted by Crippen LogP contribution is -2.50. The van der Waals surface area contributed by atoms with Crippen molar-refractivity contribution in [2.24, 2.45) is 0 Å². The van der Waals surface area contributed by atoms with Crippen LogP contribution in [-0.4, -0.2) is 63.7 Å². The van der Waals surface area contributed by atoms with E-state index in [9.17, 15) is 18.0 Å². The molecule has 1 aliphatic heterocycles. The summed E-state index contributed by atoms with van der Waals surface area (Å²) in [6, 6.07) is 21.5. The van der Waals surface area contributed by atoms with E-state index < -0.39 is 16.1 Å². The van der Waals surface area contributed by atoms with E-state index in [0.29, 0.717) is 43.4 Å².